The molecule has 1 aliphatic carbocycles. The fourth-order valence-electron chi connectivity index (χ4n) is 2.42. The van der Waals surface area contributed by atoms with Gasteiger partial charge in [0.15, 0.2) is 0 Å². The lowest BCUT2D eigenvalue weighted by atomic mass is 9.83. The minimum absolute atomic E-state index is 0.0864. The Morgan fingerprint density at radius 3 is 2.60 bits per heavy atom. The number of sulfonamides is 1. The normalized spacial score (nSPS) is 22.6. The summed E-state index contributed by atoms with van der Waals surface area (Å²) in [5, 5.41) is 3.22. The Hall–Kier alpha value is -0.430. The van der Waals surface area contributed by atoms with Crippen molar-refractivity contribution in [3.8, 4) is 0 Å². The van der Waals surface area contributed by atoms with Crippen LogP contribution in [0.2, 0.25) is 0 Å². The Labute approximate surface area is 129 Å². The highest BCUT2D eigenvalue weighted by molar-refractivity contribution is 9.10. The lowest BCUT2D eigenvalue weighted by Gasteiger charge is -2.33. The lowest BCUT2D eigenvalue weighted by Crippen LogP contribution is -2.43. The van der Waals surface area contributed by atoms with Crippen LogP contribution < -0.4 is 10.0 Å². The van der Waals surface area contributed by atoms with Gasteiger partial charge in [0.1, 0.15) is 0 Å². The quantitative estimate of drug-likeness (QED) is 0.819. The Morgan fingerprint density at radius 1 is 1.35 bits per heavy atom. The first-order chi connectivity index (χ1) is 9.42. The molecule has 0 atom stereocenters. The van der Waals surface area contributed by atoms with E-state index in [0.717, 1.165) is 31.5 Å². The summed E-state index contributed by atoms with van der Waals surface area (Å²) in [6.45, 7) is 5.80. The van der Waals surface area contributed by atoms with Crippen molar-refractivity contribution in [2.24, 2.45) is 5.92 Å². The second-order valence-electron chi connectivity index (χ2n) is 5.44. The van der Waals surface area contributed by atoms with Gasteiger partial charge in [0.25, 0.3) is 0 Å². The third-order valence-corrected chi connectivity index (χ3v) is 6.06. The summed E-state index contributed by atoms with van der Waals surface area (Å²) in [6, 6.07) is 5.47. The third-order valence-electron chi connectivity index (χ3n) is 3.56. The van der Waals surface area contributed by atoms with Crippen molar-refractivity contribution in [1.29, 1.82) is 0 Å². The fraction of sp³-hybridized carbons (Fsp3) is 0.571. The number of benzene rings is 1. The molecule has 2 N–H and O–H groups in total. The predicted octanol–water partition coefficient (Wildman–Crippen LogP) is 2.64. The maximum atomic E-state index is 12.3. The van der Waals surface area contributed by atoms with Crippen LogP contribution in [0.4, 0.5) is 0 Å². The zero-order valence-corrected chi connectivity index (χ0v) is 14.2. The lowest BCUT2D eigenvalue weighted by molar-refractivity contribution is 0.270. The first-order valence-corrected chi connectivity index (χ1v) is 9.21. The zero-order chi connectivity index (χ0) is 14.8. The summed E-state index contributed by atoms with van der Waals surface area (Å²) in [6.07, 6.45) is 1.85. The second-order valence-corrected chi connectivity index (χ2v) is 7.98. The van der Waals surface area contributed by atoms with Crippen LogP contribution in [0.1, 0.15) is 32.3 Å². The highest BCUT2D eigenvalue weighted by Gasteiger charge is 2.30. The second kappa shape index (κ2) is 6.56. The molecule has 1 aliphatic rings. The highest BCUT2D eigenvalue weighted by atomic mass is 79.9. The van der Waals surface area contributed by atoms with Crippen molar-refractivity contribution >= 4 is 26.0 Å². The summed E-state index contributed by atoms with van der Waals surface area (Å²) < 4.78 is 28.1. The molecule has 1 fully saturated rings. The van der Waals surface area contributed by atoms with Crippen LogP contribution in [-0.4, -0.2) is 21.0 Å². The number of nitrogens with one attached hydrogen (secondary N) is 2. The van der Waals surface area contributed by atoms with E-state index in [4.69, 9.17) is 0 Å². The van der Waals surface area contributed by atoms with Gasteiger partial charge in [0.05, 0.1) is 4.90 Å². The summed E-state index contributed by atoms with van der Waals surface area (Å²) in [5.74, 6) is 0.619. The number of rotatable bonds is 6. The predicted molar refractivity (Wildman–Crippen MR) is 84.0 cm³/mol. The Bertz CT molecular complexity index is 569. The molecular formula is C14H21BrN2O2S. The average molecular weight is 361 g/mol. The molecule has 112 valence electrons. The van der Waals surface area contributed by atoms with E-state index in [2.05, 4.69) is 32.9 Å². The van der Waals surface area contributed by atoms with E-state index < -0.39 is 10.0 Å². The molecule has 0 saturated heterocycles. The molecule has 0 unspecified atom stereocenters. The summed E-state index contributed by atoms with van der Waals surface area (Å²) >= 11 is 3.37. The Morgan fingerprint density at radius 2 is 2.05 bits per heavy atom. The van der Waals surface area contributed by atoms with Crippen LogP contribution in [0.15, 0.2) is 27.6 Å². The van der Waals surface area contributed by atoms with E-state index in [1.807, 2.05) is 19.1 Å². The number of hydrogen-bond donors (Lipinski definition) is 2. The molecule has 2 rings (SSSR count). The van der Waals surface area contributed by atoms with Crippen LogP contribution in [0, 0.1) is 5.92 Å². The molecule has 0 aromatic heterocycles. The maximum absolute atomic E-state index is 12.3. The van der Waals surface area contributed by atoms with Gasteiger partial charge in [-0.05, 0) is 58.9 Å². The molecule has 0 radical (unpaired) electrons. The SMILES string of the molecule is CCNCc1ccc(S(=O)(=O)NC2CC(C)C2)c(Br)c1. The molecule has 0 heterocycles. The van der Waals surface area contributed by atoms with E-state index in [1.165, 1.54) is 0 Å². The third kappa shape index (κ3) is 3.81. The van der Waals surface area contributed by atoms with Crippen LogP contribution in [0.25, 0.3) is 0 Å². The molecule has 0 spiro atoms. The van der Waals surface area contributed by atoms with E-state index >= 15 is 0 Å². The topological polar surface area (TPSA) is 58.2 Å². The molecule has 0 aliphatic heterocycles. The maximum Gasteiger partial charge on any atom is 0.241 e. The van der Waals surface area contributed by atoms with Crippen molar-refractivity contribution in [2.75, 3.05) is 6.54 Å². The molecule has 1 saturated carbocycles. The van der Waals surface area contributed by atoms with Crippen molar-refractivity contribution in [3.63, 3.8) is 0 Å². The molecule has 0 amide bonds. The van der Waals surface area contributed by atoms with E-state index in [1.54, 1.807) is 6.07 Å². The van der Waals surface area contributed by atoms with Crippen LogP contribution in [0.3, 0.4) is 0 Å². The van der Waals surface area contributed by atoms with Crippen molar-refractivity contribution < 1.29 is 8.42 Å². The first-order valence-electron chi connectivity index (χ1n) is 6.94. The first kappa shape index (κ1) is 15.9. The standard InChI is InChI=1S/C14H21BrN2O2S/c1-3-16-9-11-4-5-14(13(15)8-11)20(18,19)17-12-6-10(2)7-12/h4-5,8,10,12,16-17H,3,6-7,9H2,1-2H3. The molecule has 1 aromatic carbocycles. The van der Waals surface area contributed by atoms with Gasteiger partial charge in [-0.2, -0.15) is 0 Å². The largest absolute Gasteiger partial charge is 0.313 e. The van der Waals surface area contributed by atoms with Crippen molar-refractivity contribution in [3.05, 3.63) is 28.2 Å². The molecule has 0 bridgehead atoms. The zero-order valence-electron chi connectivity index (χ0n) is 11.8. The number of hydrogen-bond acceptors (Lipinski definition) is 3. The minimum Gasteiger partial charge on any atom is -0.313 e. The van der Waals surface area contributed by atoms with E-state index in [0.29, 0.717) is 15.3 Å². The summed E-state index contributed by atoms with van der Waals surface area (Å²) in [5.41, 5.74) is 1.06. The van der Waals surface area contributed by atoms with Gasteiger partial charge in [-0.25, -0.2) is 13.1 Å². The molecule has 1 aromatic rings. The minimum atomic E-state index is -3.43. The van der Waals surface area contributed by atoms with Gasteiger partial charge in [-0.15, -0.1) is 0 Å². The number of halogens is 1. The van der Waals surface area contributed by atoms with Gasteiger partial charge >= 0.3 is 0 Å². The average Bonchev–Trinajstić information content (AvgIpc) is 2.34. The Balaban J connectivity index is 2.11. The monoisotopic (exact) mass is 360 g/mol. The van der Waals surface area contributed by atoms with Crippen LogP contribution in [-0.2, 0) is 16.6 Å². The van der Waals surface area contributed by atoms with Crippen LogP contribution >= 0.6 is 15.9 Å². The Kier molecular flexibility index (Phi) is 5.23. The molecule has 6 heteroatoms. The van der Waals surface area contributed by atoms with E-state index in [9.17, 15) is 8.42 Å². The van der Waals surface area contributed by atoms with E-state index in [-0.39, 0.29) is 6.04 Å². The van der Waals surface area contributed by atoms with Crippen molar-refractivity contribution in [1.82, 2.24) is 10.0 Å². The highest BCUT2D eigenvalue weighted by Crippen LogP contribution is 2.29. The van der Waals surface area contributed by atoms with Gasteiger partial charge < -0.3 is 5.32 Å². The van der Waals surface area contributed by atoms with Crippen molar-refractivity contribution in [2.45, 2.75) is 44.2 Å². The molecule has 4 nitrogen and oxygen atoms in total. The summed E-state index contributed by atoms with van der Waals surface area (Å²) in [4.78, 5) is 0.317. The smallest absolute Gasteiger partial charge is 0.241 e. The summed E-state index contributed by atoms with van der Waals surface area (Å²) in [7, 11) is -3.43. The van der Waals surface area contributed by atoms with Gasteiger partial charge in [0, 0.05) is 17.1 Å². The molecular weight excluding hydrogens is 340 g/mol. The van der Waals surface area contributed by atoms with Gasteiger partial charge in [-0.3, -0.25) is 0 Å². The fourth-order valence-corrected chi connectivity index (χ4v) is 4.81. The van der Waals surface area contributed by atoms with Crippen LogP contribution in [0.5, 0.6) is 0 Å². The van der Waals surface area contributed by atoms with Gasteiger partial charge in [0.2, 0.25) is 10.0 Å². The van der Waals surface area contributed by atoms with Gasteiger partial charge in [-0.1, -0.05) is 19.9 Å². The molecule has 20 heavy (non-hydrogen) atoms.